The Morgan fingerprint density at radius 3 is 2.33 bits per heavy atom. The number of hydrogen-bond donors (Lipinski definition) is 1. The number of likely N-dealkylation sites (tertiary alicyclic amines) is 1. The zero-order valence-corrected chi connectivity index (χ0v) is 10.0. The maximum atomic E-state index is 9.81. The predicted octanol–water partition coefficient (Wildman–Crippen LogP) is 0.842. The molecule has 0 spiro atoms. The van der Waals surface area contributed by atoms with E-state index < -0.39 is 5.60 Å². The Hall–Kier alpha value is -0.160. The van der Waals surface area contributed by atoms with E-state index in [-0.39, 0.29) is 6.29 Å². The van der Waals surface area contributed by atoms with Gasteiger partial charge in [-0.15, -0.1) is 0 Å². The van der Waals surface area contributed by atoms with E-state index in [2.05, 4.69) is 4.90 Å². The lowest BCUT2D eigenvalue weighted by molar-refractivity contribution is -0.146. The van der Waals surface area contributed by atoms with E-state index in [1.807, 2.05) is 20.8 Å². The third kappa shape index (κ3) is 4.47. The predicted molar refractivity (Wildman–Crippen MR) is 58.7 cm³/mol. The topological polar surface area (TPSA) is 41.9 Å². The first kappa shape index (κ1) is 12.9. The van der Waals surface area contributed by atoms with Crippen molar-refractivity contribution in [1.29, 1.82) is 0 Å². The van der Waals surface area contributed by atoms with Crippen molar-refractivity contribution in [1.82, 2.24) is 4.90 Å². The number of rotatable bonds is 6. The Labute approximate surface area is 92.2 Å². The van der Waals surface area contributed by atoms with Crippen LogP contribution in [0.1, 0.15) is 27.2 Å². The Morgan fingerprint density at radius 1 is 1.33 bits per heavy atom. The number of β-amino-alcohol motifs (C(OH)–C–C–N with tert-alkyl or cyclic N) is 1. The second kappa shape index (κ2) is 5.80. The Kier molecular flexibility index (Phi) is 4.99. The van der Waals surface area contributed by atoms with Crippen LogP contribution in [0.4, 0.5) is 0 Å². The summed E-state index contributed by atoms with van der Waals surface area (Å²) in [5.41, 5.74) is -0.539. The van der Waals surface area contributed by atoms with Gasteiger partial charge in [0.05, 0.1) is 5.60 Å². The molecule has 1 saturated heterocycles. The van der Waals surface area contributed by atoms with Gasteiger partial charge in [-0.1, -0.05) is 0 Å². The van der Waals surface area contributed by atoms with E-state index in [4.69, 9.17) is 9.47 Å². The molecule has 4 nitrogen and oxygen atoms in total. The van der Waals surface area contributed by atoms with Gasteiger partial charge in [-0.05, 0) is 27.2 Å². The zero-order chi connectivity index (χ0) is 11.3. The lowest BCUT2D eigenvalue weighted by atomic mass is 10.1. The zero-order valence-electron chi connectivity index (χ0n) is 10.0. The van der Waals surface area contributed by atoms with E-state index in [0.29, 0.717) is 19.8 Å². The van der Waals surface area contributed by atoms with Gasteiger partial charge in [0.1, 0.15) is 0 Å². The Bertz CT molecular complexity index is 179. The first-order valence-corrected chi connectivity index (χ1v) is 5.75. The molecule has 0 bridgehead atoms. The van der Waals surface area contributed by atoms with E-state index >= 15 is 0 Å². The second-order valence-corrected chi connectivity index (χ2v) is 4.32. The van der Waals surface area contributed by atoms with Gasteiger partial charge in [-0.2, -0.15) is 0 Å². The molecule has 90 valence electrons. The summed E-state index contributed by atoms with van der Waals surface area (Å²) < 4.78 is 10.9. The first-order valence-electron chi connectivity index (χ1n) is 5.75. The summed E-state index contributed by atoms with van der Waals surface area (Å²) in [6, 6.07) is 0. The van der Waals surface area contributed by atoms with Crippen molar-refractivity contribution in [3.05, 3.63) is 0 Å². The van der Waals surface area contributed by atoms with E-state index in [1.165, 1.54) is 0 Å². The fraction of sp³-hybridized carbons (Fsp3) is 1.00. The molecule has 0 aromatic carbocycles. The van der Waals surface area contributed by atoms with Crippen LogP contribution in [-0.2, 0) is 9.47 Å². The van der Waals surface area contributed by atoms with Gasteiger partial charge in [0.25, 0.3) is 0 Å². The highest BCUT2D eigenvalue weighted by molar-refractivity contribution is 4.86. The van der Waals surface area contributed by atoms with Crippen LogP contribution in [0.2, 0.25) is 0 Å². The van der Waals surface area contributed by atoms with Gasteiger partial charge < -0.3 is 14.6 Å². The largest absolute Gasteiger partial charge is 0.389 e. The summed E-state index contributed by atoms with van der Waals surface area (Å²) in [7, 11) is 0. The molecule has 0 aromatic rings. The second-order valence-electron chi connectivity index (χ2n) is 4.32. The minimum atomic E-state index is -0.539. The Morgan fingerprint density at radius 2 is 1.93 bits per heavy atom. The maximum Gasteiger partial charge on any atom is 0.170 e. The highest BCUT2D eigenvalue weighted by Gasteiger charge is 2.32. The molecular formula is C11H23NO3. The number of ether oxygens (including phenoxy) is 2. The quantitative estimate of drug-likeness (QED) is 0.670. The minimum Gasteiger partial charge on any atom is -0.389 e. The van der Waals surface area contributed by atoms with Crippen LogP contribution >= 0.6 is 0 Å². The summed E-state index contributed by atoms with van der Waals surface area (Å²) in [5.74, 6) is 0. The van der Waals surface area contributed by atoms with Gasteiger partial charge in [0, 0.05) is 32.8 Å². The van der Waals surface area contributed by atoms with E-state index in [9.17, 15) is 5.11 Å². The molecule has 15 heavy (non-hydrogen) atoms. The van der Waals surface area contributed by atoms with Crippen molar-refractivity contribution in [3.63, 3.8) is 0 Å². The van der Waals surface area contributed by atoms with E-state index in [1.54, 1.807) is 0 Å². The molecule has 0 amide bonds. The van der Waals surface area contributed by atoms with Gasteiger partial charge in [0.2, 0.25) is 0 Å². The number of hydrogen-bond acceptors (Lipinski definition) is 4. The smallest absolute Gasteiger partial charge is 0.170 e. The summed E-state index contributed by atoms with van der Waals surface area (Å²) in [6.07, 6.45) is 0.673. The highest BCUT2D eigenvalue weighted by atomic mass is 16.7. The average molecular weight is 217 g/mol. The van der Waals surface area contributed by atoms with Crippen LogP contribution in [0.5, 0.6) is 0 Å². The molecule has 4 heteroatoms. The summed E-state index contributed by atoms with van der Waals surface area (Å²) in [5, 5.41) is 9.81. The summed E-state index contributed by atoms with van der Waals surface area (Å²) in [6.45, 7) is 9.51. The van der Waals surface area contributed by atoms with Crippen LogP contribution in [-0.4, -0.2) is 54.7 Å². The fourth-order valence-electron chi connectivity index (χ4n) is 1.93. The SMILES string of the molecule is CCOC(CN1CCC(C)(O)C1)OCC. The van der Waals surface area contributed by atoms with Gasteiger partial charge in [-0.25, -0.2) is 0 Å². The van der Waals surface area contributed by atoms with E-state index in [0.717, 1.165) is 19.5 Å². The third-order valence-electron chi connectivity index (χ3n) is 2.64. The van der Waals surface area contributed by atoms with Crippen LogP contribution < -0.4 is 0 Å². The standard InChI is InChI=1S/C11H23NO3/c1-4-14-10(15-5-2)8-12-7-6-11(3,13)9-12/h10,13H,4-9H2,1-3H3. The number of aliphatic hydroxyl groups is 1. The lowest BCUT2D eigenvalue weighted by Crippen LogP contribution is -2.37. The molecule has 1 heterocycles. The molecule has 0 aliphatic carbocycles. The highest BCUT2D eigenvalue weighted by Crippen LogP contribution is 2.20. The monoisotopic (exact) mass is 217 g/mol. The molecule has 1 fully saturated rings. The van der Waals surface area contributed by atoms with Crippen molar-refractivity contribution in [2.75, 3.05) is 32.8 Å². The molecule has 1 N–H and O–H groups in total. The fourth-order valence-corrected chi connectivity index (χ4v) is 1.93. The first-order chi connectivity index (χ1) is 7.07. The third-order valence-corrected chi connectivity index (χ3v) is 2.64. The normalized spacial score (nSPS) is 27.8. The van der Waals surface area contributed by atoms with Gasteiger partial charge in [0.15, 0.2) is 6.29 Å². The molecule has 1 atom stereocenters. The summed E-state index contributed by atoms with van der Waals surface area (Å²) >= 11 is 0. The van der Waals surface area contributed by atoms with Crippen LogP contribution in [0.25, 0.3) is 0 Å². The van der Waals surface area contributed by atoms with Crippen molar-refractivity contribution in [2.24, 2.45) is 0 Å². The van der Waals surface area contributed by atoms with Crippen LogP contribution in [0.3, 0.4) is 0 Å². The minimum absolute atomic E-state index is 0.158. The number of nitrogens with zero attached hydrogens (tertiary/aromatic N) is 1. The molecule has 1 rings (SSSR count). The van der Waals surface area contributed by atoms with Crippen molar-refractivity contribution in [2.45, 2.75) is 39.1 Å². The molecule has 1 aliphatic heterocycles. The molecule has 0 saturated carbocycles. The average Bonchev–Trinajstić information content (AvgIpc) is 2.46. The van der Waals surface area contributed by atoms with Crippen LogP contribution in [0.15, 0.2) is 0 Å². The molecule has 0 aromatic heterocycles. The molecular weight excluding hydrogens is 194 g/mol. The maximum absolute atomic E-state index is 9.81. The Balaban J connectivity index is 2.32. The molecule has 1 aliphatic rings. The van der Waals surface area contributed by atoms with Crippen molar-refractivity contribution in [3.8, 4) is 0 Å². The van der Waals surface area contributed by atoms with Gasteiger partial charge >= 0.3 is 0 Å². The lowest BCUT2D eigenvalue weighted by Gasteiger charge is -2.24. The van der Waals surface area contributed by atoms with Gasteiger partial charge in [-0.3, -0.25) is 4.90 Å². The summed E-state index contributed by atoms with van der Waals surface area (Å²) in [4.78, 5) is 2.19. The van der Waals surface area contributed by atoms with Crippen LogP contribution in [0, 0.1) is 0 Å². The van der Waals surface area contributed by atoms with Crippen molar-refractivity contribution >= 4 is 0 Å². The molecule has 1 unspecified atom stereocenters. The molecule has 0 radical (unpaired) electrons. The van der Waals surface area contributed by atoms with Crippen molar-refractivity contribution < 1.29 is 14.6 Å².